The molecule has 2 atom stereocenters. The second-order valence-corrected chi connectivity index (χ2v) is 8.60. The van der Waals surface area contributed by atoms with Crippen LogP contribution in [0.15, 0.2) is 54.6 Å². The van der Waals surface area contributed by atoms with Crippen molar-refractivity contribution in [2.75, 3.05) is 39.4 Å². The fourth-order valence-electron chi connectivity index (χ4n) is 4.16. The van der Waals surface area contributed by atoms with Crippen molar-refractivity contribution in [2.24, 2.45) is 0 Å². The second-order valence-electron chi connectivity index (χ2n) is 8.60. The number of hydrogen-bond acceptors (Lipinski definition) is 6. The molecule has 2 saturated heterocycles. The summed E-state index contributed by atoms with van der Waals surface area (Å²) in [4.78, 5) is 29.4. The predicted octanol–water partition coefficient (Wildman–Crippen LogP) is 3.13. The molecule has 7 nitrogen and oxygen atoms in total. The van der Waals surface area contributed by atoms with Gasteiger partial charge in [0.05, 0.1) is 11.7 Å². The van der Waals surface area contributed by atoms with E-state index < -0.39 is 12.1 Å². The summed E-state index contributed by atoms with van der Waals surface area (Å²) in [5, 5.41) is 0. The average molecular weight is 453 g/mol. The molecule has 2 aliphatic rings. The van der Waals surface area contributed by atoms with Gasteiger partial charge in [0.1, 0.15) is 12.4 Å². The van der Waals surface area contributed by atoms with Crippen molar-refractivity contribution in [1.82, 2.24) is 9.80 Å². The van der Waals surface area contributed by atoms with Crippen molar-refractivity contribution in [1.29, 1.82) is 0 Å². The first-order valence-electron chi connectivity index (χ1n) is 11.7. The maximum absolute atomic E-state index is 12.8. The SMILES string of the molecule is CC(OC(=O)c1ccc(OCC2CCCO2)cc1)C(=O)N1CCN(Cc2ccccc2)CC1. The Hall–Kier alpha value is -2.90. The molecule has 2 aliphatic heterocycles. The number of piperazine rings is 1. The molecule has 2 fully saturated rings. The Morgan fingerprint density at radius 2 is 1.76 bits per heavy atom. The molecule has 0 bridgehead atoms. The number of amides is 1. The van der Waals surface area contributed by atoms with E-state index in [2.05, 4.69) is 17.0 Å². The lowest BCUT2D eigenvalue weighted by Crippen LogP contribution is -2.51. The molecule has 1 amide bonds. The molecule has 33 heavy (non-hydrogen) atoms. The molecule has 0 aliphatic carbocycles. The Labute approximate surface area is 195 Å². The molecule has 2 aromatic carbocycles. The molecule has 0 spiro atoms. The summed E-state index contributed by atoms with van der Waals surface area (Å²) in [6.07, 6.45) is 1.40. The monoisotopic (exact) mass is 452 g/mol. The van der Waals surface area contributed by atoms with Crippen LogP contribution >= 0.6 is 0 Å². The van der Waals surface area contributed by atoms with Gasteiger partial charge in [0.2, 0.25) is 0 Å². The molecular formula is C26H32N2O5. The number of carbonyl (C=O) groups is 2. The van der Waals surface area contributed by atoms with E-state index in [4.69, 9.17) is 14.2 Å². The molecule has 7 heteroatoms. The van der Waals surface area contributed by atoms with Gasteiger partial charge in [-0.2, -0.15) is 0 Å². The van der Waals surface area contributed by atoms with Crippen LogP contribution in [0.3, 0.4) is 0 Å². The summed E-state index contributed by atoms with van der Waals surface area (Å²) in [5.74, 6) is 0.0167. The van der Waals surface area contributed by atoms with Gasteiger partial charge in [0, 0.05) is 39.3 Å². The fourth-order valence-corrected chi connectivity index (χ4v) is 4.16. The molecule has 176 valence electrons. The van der Waals surface area contributed by atoms with Gasteiger partial charge in [0.25, 0.3) is 5.91 Å². The zero-order valence-electron chi connectivity index (χ0n) is 19.2. The molecule has 2 unspecified atom stereocenters. The largest absolute Gasteiger partial charge is 0.491 e. The van der Waals surface area contributed by atoms with Crippen molar-refractivity contribution >= 4 is 11.9 Å². The van der Waals surface area contributed by atoms with Crippen molar-refractivity contribution in [3.8, 4) is 5.75 Å². The Bertz CT molecular complexity index is 904. The lowest BCUT2D eigenvalue weighted by Gasteiger charge is -2.35. The number of esters is 1. The lowest BCUT2D eigenvalue weighted by atomic mass is 10.2. The maximum atomic E-state index is 12.8. The van der Waals surface area contributed by atoms with Crippen molar-refractivity contribution in [3.63, 3.8) is 0 Å². The first kappa shape index (κ1) is 23.3. The van der Waals surface area contributed by atoms with Gasteiger partial charge in [0.15, 0.2) is 6.10 Å². The van der Waals surface area contributed by atoms with Gasteiger partial charge in [-0.05, 0) is 49.6 Å². The second kappa shape index (κ2) is 11.3. The van der Waals surface area contributed by atoms with Crippen molar-refractivity contribution in [3.05, 3.63) is 65.7 Å². The van der Waals surface area contributed by atoms with E-state index in [-0.39, 0.29) is 12.0 Å². The minimum absolute atomic E-state index is 0.140. The molecule has 0 N–H and O–H groups in total. The van der Waals surface area contributed by atoms with Gasteiger partial charge in [-0.25, -0.2) is 4.79 Å². The number of rotatable bonds is 8. The highest BCUT2D eigenvalue weighted by Crippen LogP contribution is 2.18. The lowest BCUT2D eigenvalue weighted by molar-refractivity contribution is -0.141. The Morgan fingerprint density at radius 1 is 1.03 bits per heavy atom. The third-order valence-electron chi connectivity index (χ3n) is 6.11. The third kappa shape index (κ3) is 6.55. The van der Waals surface area contributed by atoms with E-state index in [0.29, 0.717) is 31.0 Å². The highest BCUT2D eigenvalue weighted by Gasteiger charge is 2.27. The molecule has 2 aromatic rings. The van der Waals surface area contributed by atoms with Gasteiger partial charge < -0.3 is 19.1 Å². The van der Waals surface area contributed by atoms with E-state index in [1.165, 1.54) is 5.56 Å². The van der Waals surface area contributed by atoms with E-state index in [0.717, 1.165) is 39.1 Å². The highest BCUT2D eigenvalue weighted by molar-refractivity contribution is 5.92. The first-order valence-corrected chi connectivity index (χ1v) is 11.7. The topological polar surface area (TPSA) is 68.3 Å². The molecule has 0 saturated carbocycles. The predicted molar refractivity (Wildman–Crippen MR) is 124 cm³/mol. The summed E-state index contributed by atoms with van der Waals surface area (Å²) in [5.41, 5.74) is 1.66. The first-order chi connectivity index (χ1) is 16.1. The standard InChI is InChI=1S/C26H32N2O5/c1-20(25(29)28-15-13-27(14-16-28)18-21-6-3-2-4-7-21)33-26(30)22-9-11-23(12-10-22)32-19-24-8-5-17-31-24/h2-4,6-7,9-12,20,24H,5,8,13-19H2,1H3. The summed E-state index contributed by atoms with van der Waals surface area (Å²) < 4.78 is 16.7. The minimum Gasteiger partial charge on any atom is -0.491 e. The van der Waals surface area contributed by atoms with Crippen LogP contribution in [-0.4, -0.2) is 73.3 Å². The van der Waals surface area contributed by atoms with Crippen molar-refractivity contribution in [2.45, 2.75) is 38.5 Å². The van der Waals surface area contributed by atoms with Crippen LogP contribution in [0.2, 0.25) is 0 Å². The Kier molecular flexibility index (Phi) is 7.96. The van der Waals surface area contributed by atoms with Crippen LogP contribution in [-0.2, 0) is 20.8 Å². The zero-order chi connectivity index (χ0) is 23.0. The summed E-state index contributed by atoms with van der Waals surface area (Å²) >= 11 is 0. The number of nitrogens with zero attached hydrogens (tertiary/aromatic N) is 2. The maximum Gasteiger partial charge on any atom is 0.338 e. The zero-order valence-corrected chi connectivity index (χ0v) is 19.2. The number of hydrogen-bond donors (Lipinski definition) is 0. The van der Waals surface area contributed by atoms with Gasteiger partial charge >= 0.3 is 5.97 Å². The quantitative estimate of drug-likeness (QED) is 0.574. The van der Waals surface area contributed by atoms with E-state index in [9.17, 15) is 9.59 Å². The molecule has 4 rings (SSSR count). The smallest absolute Gasteiger partial charge is 0.338 e. The van der Waals surface area contributed by atoms with Crippen LogP contribution in [0.4, 0.5) is 0 Å². The number of benzene rings is 2. The Balaban J connectivity index is 1.21. The summed E-state index contributed by atoms with van der Waals surface area (Å²) in [7, 11) is 0. The van der Waals surface area contributed by atoms with Crippen LogP contribution in [0, 0.1) is 0 Å². The van der Waals surface area contributed by atoms with Crippen LogP contribution < -0.4 is 4.74 Å². The van der Waals surface area contributed by atoms with E-state index in [1.807, 2.05) is 18.2 Å². The molecular weight excluding hydrogens is 420 g/mol. The molecule has 0 radical (unpaired) electrons. The normalized spacial score (nSPS) is 19.8. The molecule has 0 aromatic heterocycles. The van der Waals surface area contributed by atoms with Crippen LogP contribution in [0.5, 0.6) is 5.75 Å². The summed E-state index contributed by atoms with van der Waals surface area (Å²) in [6.45, 7) is 6.67. The fraction of sp³-hybridized carbons (Fsp3) is 0.462. The number of carbonyl (C=O) groups excluding carboxylic acids is 2. The van der Waals surface area contributed by atoms with E-state index >= 15 is 0 Å². The summed E-state index contributed by atoms with van der Waals surface area (Å²) in [6, 6.07) is 17.1. The third-order valence-corrected chi connectivity index (χ3v) is 6.11. The van der Waals surface area contributed by atoms with Crippen LogP contribution in [0.25, 0.3) is 0 Å². The highest BCUT2D eigenvalue weighted by atomic mass is 16.5. The van der Waals surface area contributed by atoms with E-state index in [1.54, 1.807) is 36.1 Å². The van der Waals surface area contributed by atoms with Crippen LogP contribution in [0.1, 0.15) is 35.7 Å². The minimum atomic E-state index is -0.825. The van der Waals surface area contributed by atoms with Gasteiger partial charge in [-0.15, -0.1) is 0 Å². The number of ether oxygens (including phenoxy) is 3. The van der Waals surface area contributed by atoms with Crippen molar-refractivity contribution < 1.29 is 23.8 Å². The molecule has 2 heterocycles. The van der Waals surface area contributed by atoms with Gasteiger partial charge in [-0.1, -0.05) is 30.3 Å². The average Bonchev–Trinajstić information content (AvgIpc) is 3.37. The van der Waals surface area contributed by atoms with Gasteiger partial charge in [-0.3, -0.25) is 9.69 Å². The Morgan fingerprint density at radius 3 is 2.42 bits per heavy atom.